The van der Waals surface area contributed by atoms with Crippen LogP contribution in [0.4, 0.5) is 4.39 Å². The highest BCUT2D eigenvalue weighted by molar-refractivity contribution is 5.95. The van der Waals surface area contributed by atoms with Crippen LogP contribution in [0.2, 0.25) is 0 Å². The molecular formula is C23H27FN2O2. The number of carbonyl (C=O) groups is 1. The van der Waals surface area contributed by atoms with Crippen molar-refractivity contribution in [3.05, 3.63) is 53.8 Å². The minimum atomic E-state index is -0.470. The van der Waals surface area contributed by atoms with Crippen molar-refractivity contribution in [2.45, 2.75) is 38.1 Å². The van der Waals surface area contributed by atoms with Gasteiger partial charge in [0.25, 0.3) is 5.91 Å². The summed E-state index contributed by atoms with van der Waals surface area (Å²) >= 11 is 0. The van der Waals surface area contributed by atoms with Crippen molar-refractivity contribution in [1.29, 1.82) is 0 Å². The van der Waals surface area contributed by atoms with Crippen LogP contribution in [0.25, 0.3) is 11.1 Å². The van der Waals surface area contributed by atoms with E-state index in [9.17, 15) is 14.3 Å². The maximum absolute atomic E-state index is 13.2. The van der Waals surface area contributed by atoms with Gasteiger partial charge < -0.3 is 14.9 Å². The molecule has 1 amide bonds. The molecular weight excluding hydrogens is 355 g/mol. The summed E-state index contributed by atoms with van der Waals surface area (Å²) in [6.45, 7) is 4.09. The molecule has 1 atom stereocenters. The maximum Gasteiger partial charge on any atom is 0.254 e. The highest BCUT2D eigenvalue weighted by Gasteiger charge is 2.29. The van der Waals surface area contributed by atoms with Crippen molar-refractivity contribution in [1.82, 2.24) is 9.80 Å². The van der Waals surface area contributed by atoms with Crippen LogP contribution in [0, 0.1) is 5.82 Å². The molecule has 0 spiro atoms. The third kappa shape index (κ3) is 4.04. The molecule has 0 aromatic heterocycles. The summed E-state index contributed by atoms with van der Waals surface area (Å²) in [6.07, 6.45) is 5.84. The predicted molar refractivity (Wildman–Crippen MR) is 108 cm³/mol. The van der Waals surface area contributed by atoms with E-state index in [0.29, 0.717) is 17.2 Å². The number of rotatable bonds is 4. The van der Waals surface area contributed by atoms with Gasteiger partial charge in [-0.25, -0.2) is 4.39 Å². The quantitative estimate of drug-likeness (QED) is 0.858. The molecule has 4 nitrogen and oxygen atoms in total. The Hall–Kier alpha value is -2.40. The Morgan fingerprint density at radius 3 is 2.43 bits per heavy atom. The number of nitrogens with zero attached hydrogens (tertiary/aromatic N) is 2. The lowest BCUT2D eigenvalue weighted by atomic mass is 9.99. The van der Waals surface area contributed by atoms with Crippen LogP contribution in [-0.4, -0.2) is 53.0 Å². The average molecular weight is 382 g/mol. The molecule has 2 aliphatic heterocycles. The molecule has 0 radical (unpaired) electrons. The lowest BCUT2D eigenvalue weighted by Crippen LogP contribution is -2.49. The second kappa shape index (κ2) is 8.31. The summed E-state index contributed by atoms with van der Waals surface area (Å²) in [5.74, 6) is -0.484. The van der Waals surface area contributed by atoms with Crippen LogP contribution in [0.15, 0.2) is 42.5 Å². The molecule has 2 aromatic carbocycles. The van der Waals surface area contributed by atoms with E-state index in [2.05, 4.69) is 4.90 Å². The number of likely N-dealkylation sites (tertiary alicyclic amines) is 2. The number of phenols is 1. The first-order valence-corrected chi connectivity index (χ1v) is 10.2. The van der Waals surface area contributed by atoms with Gasteiger partial charge in [-0.1, -0.05) is 12.1 Å². The Bertz CT molecular complexity index is 831. The fourth-order valence-electron chi connectivity index (χ4n) is 4.43. The van der Waals surface area contributed by atoms with E-state index in [-0.39, 0.29) is 11.7 Å². The number of piperidine rings is 1. The highest BCUT2D eigenvalue weighted by atomic mass is 19.1. The Balaban J connectivity index is 1.50. The summed E-state index contributed by atoms with van der Waals surface area (Å²) in [5.41, 5.74) is 1.99. The topological polar surface area (TPSA) is 43.8 Å². The second-order valence-corrected chi connectivity index (χ2v) is 7.89. The summed E-state index contributed by atoms with van der Waals surface area (Å²) < 4.78 is 13.2. The number of hydrogen-bond acceptors (Lipinski definition) is 3. The molecule has 2 saturated heterocycles. The van der Waals surface area contributed by atoms with E-state index in [1.807, 2.05) is 29.2 Å². The van der Waals surface area contributed by atoms with E-state index in [0.717, 1.165) is 50.7 Å². The molecule has 1 unspecified atom stereocenters. The van der Waals surface area contributed by atoms with E-state index in [1.54, 1.807) is 6.07 Å². The molecule has 0 bridgehead atoms. The zero-order valence-electron chi connectivity index (χ0n) is 16.1. The van der Waals surface area contributed by atoms with Crippen LogP contribution in [0.3, 0.4) is 0 Å². The van der Waals surface area contributed by atoms with E-state index >= 15 is 0 Å². The van der Waals surface area contributed by atoms with Crippen molar-refractivity contribution in [3.63, 3.8) is 0 Å². The van der Waals surface area contributed by atoms with E-state index < -0.39 is 5.82 Å². The van der Waals surface area contributed by atoms with Gasteiger partial charge in [-0.2, -0.15) is 0 Å². The monoisotopic (exact) mass is 382 g/mol. The Labute approximate surface area is 165 Å². The molecule has 0 aliphatic carbocycles. The molecule has 2 fully saturated rings. The van der Waals surface area contributed by atoms with Crippen molar-refractivity contribution in [2.75, 3.05) is 26.2 Å². The van der Waals surface area contributed by atoms with Gasteiger partial charge in [-0.05, 0) is 75.0 Å². The zero-order valence-corrected chi connectivity index (χ0v) is 16.1. The minimum absolute atomic E-state index is 0.0822. The number of amides is 1. The average Bonchev–Trinajstić information content (AvgIpc) is 3.21. The van der Waals surface area contributed by atoms with Gasteiger partial charge in [-0.15, -0.1) is 0 Å². The third-order valence-corrected chi connectivity index (χ3v) is 5.96. The maximum atomic E-state index is 13.2. The van der Waals surface area contributed by atoms with Crippen LogP contribution in [-0.2, 0) is 0 Å². The molecule has 5 heteroatoms. The molecule has 2 aliphatic rings. The summed E-state index contributed by atoms with van der Waals surface area (Å²) in [5, 5.41) is 9.98. The molecule has 2 heterocycles. The van der Waals surface area contributed by atoms with Crippen molar-refractivity contribution in [3.8, 4) is 16.9 Å². The largest absolute Gasteiger partial charge is 0.507 e. The lowest BCUT2D eigenvalue weighted by molar-refractivity contribution is 0.0560. The number of benzene rings is 2. The van der Waals surface area contributed by atoms with Crippen LogP contribution in [0.5, 0.6) is 5.75 Å². The van der Waals surface area contributed by atoms with E-state index in [4.69, 9.17) is 0 Å². The Morgan fingerprint density at radius 1 is 1.00 bits per heavy atom. The van der Waals surface area contributed by atoms with Crippen molar-refractivity contribution < 1.29 is 14.3 Å². The molecule has 0 saturated carbocycles. The Kier molecular flexibility index (Phi) is 5.62. The molecule has 28 heavy (non-hydrogen) atoms. The Morgan fingerprint density at radius 2 is 1.71 bits per heavy atom. The van der Waals surface area contributed by atoms with Crippen LogP contribution < -0.4 is 0 Å². The number of phenolic OH excluding ortho intramolecular Hbond substituents is 1. The molecule has 2 aromatic rings. The van der Waals surface area contributed by atoms with Gasteiger partial charge in [0.1, 0.15) is 11.6 Å². The standard InChI is InChI=1S/C23H27FN2O2/c24-19-10-11-21(22(27)15-19)17-6-8-18(9-7-17)23(28)26-14-2-1-5-20(26)16-25-12-3-4-13-25/h6-11,15,20,27H,1-5,12-14,16H2. The first-order chi connectivity index (χ1) is 13.6. The number of carbonyl (C=O) groups excluding carboxylic acids is 1. The van der Waals surface area contributed by atoms with Gasteiger partial charge in [0.05, 0.1) is 0 Å². The summed E-state index contributed by atoms with van der Waals surface area (Å²) in [4.78, 5) is 17.7. The minimum Gasteiger partial charge on any atom is -0.507 e. The zero-order chi connectivity index (χ0) is 19.5. The smallest absolute Gasteiger partial charge is 0.254 e. The van der Waals surface area contributed by atoms with Gasteiger partial charge in [0, 0.05) is 36.3 Å². The molecule has 148 valence electrons. The van der Waals surface area contributed by atoms with Crippen molar-refractivity contribution in [2.24, 2.45) is 0 Å². The van der Waals surface area contributed by atoms with Crippen LogP contribution >= 0.6 is 0 Å². The first-order valence-electron chi connectivity index (χ1n) is 10.2. The third-order valence-electron chi connectivity index (χ3n) is 5.96. The van der Waals surface area contributed by atoms with E-state index in [1.165, 1.54) is 25.3 Å². The fraction of sp³-hybridized carbons (Fsp3) is 0.435. The number of aromatic hydroxyl groups is 1. The van der Waals surface area contributed by atoms with Gasteiger partial charge >= 0.3 is 0 Å². The van der Waals surface area contributed by atoms with Gasteiger partial charge in [0.2, 0.25) is 0 Å². The van der Waals surface area contributed by atoms with Crippen molar-refractivity contribution >= 4 is 5.91 Å². The lowest BCUT2D eigenvalue weighted by Gasteiger charge is -2.38. The van der Waals surface area contributed by atoms with Gasteiger partial charge in [0.15, 0.2) is 0 Å². The summed E-state index contributed by atoms with van der Waals surface area (Å²) in [7, 11) is 0. The highest BCUT2D eigenvalue weighted by Crippen LogP contribution is 2.30. The summed E-state index contributed by atoms with van der Waals surface area (Å²) in [6, 6.07) is 11.5. The van der Waals surface area contributed by atoms with Gasteiger partial charge in [-0.3, -0.25) is 4.79 Å². The number of halogens is 1. The van der Waals surface area contributed by atoms with Crippen LogP contribution in [0.1, 0.15) is 42.5 Å². The first kappa shape index (κ1) is 18.9. The SMILES string of the molecule is O=C(c1ccc(-c2ccc(F)cc2O)cc1)N1CCCCC1CN1CCCC1. The fourth-order valence-corrected chi connectivity index (χ4v) is 4.43. The molecule has 4 rings (SSSR count). The molecule has 1 N–H and O–H groups in total. The number of hydrogen-bond donors (Lipinski definition) is 1. The predicted octanol–water partition coefficient (Wildman–Crippen LogP) is 4.29. The second-order valence-electron chi connectivity index (χ2n) is 7.89. The normalized spacial score (nSPS) is 20.5.